The lowest BCUT2D eigenvalue weighted by Crippen LogP contribution is -2.21. The van der Waals surface area contributed by atoms with E-state index in [0.717, 1.165) is 25.1 Å². The van der Waals surface area contributed by atoms with Crippen molar-refractivity contribution >= 4 is 0 Å². The van der Waals surface area contributed by atoms with Gasteiger partial charge in [-0.1, -0.05) is 24.3 Å². The average Bonchev–Trinajstić information content (AvgIpc) is 2.29. The quantitative estimate of drug-likeness (QED) is 0.725. The Balaban J connectivity index is 2.27. The SMILES string of the molecule is COCCNCCc1ccc(C(F)F)cc1. The molecule has 0 aliphatic carbocycles. The first-order valence-electron chi connectivity index (χ1n) is 5.30. The molecule has 90 valence electrons. The van der Waals surface area contributed by atoms with Crippen LogP contribution in [0.3, 0.4) is 0 Å². The monoisotopic (exact) mass is 229 g/mol. The Hall–Kier alpha value is -1.00. The number of ether oxygens (including phenoxy) is 1. The van der Waals surface area contributed by atoms with Crippen molar-refractivity contribution in [2.24, 2.45) is 0 Å². The summed E-state index contributed by atoms with van der Waals surface area (Å²) in [7, 11) is 1.66. The van der Waals surface area contributed by atoms with Gasteiger partial charge in [-0.3, -0.25) is 0 Å². The maximum Gasteiger partial charge on any atom is 0.263 e. The molecule has 0 fully saturated rings. The highest BCUT2D eigenvalue weighted by molar-refractivity contribution is 5.23. The van der Waals surface area contributed by atoms with Crippen LogP contribution in [0, 0.1) is 0 Å². The lowest BCUT2D eigenvalue weighted by Gasteiger charge is -2.05. The van der Waals surface area contributed by atoms with Gasteiger partial charge in [0.15, 0.2) is 0 Å². The fourth-order valence-electron chi connectivity index (χ4n) is 1.36. The van der Waals surface area contributed by atoms with Crippen molar-refractivity contribution in [2.45, 2.75) is 12.8 Å². The summed E-state index contributed by atoms with van der Waals surface area (Å²) in [6.07, 6.45) is -1.54. The minimum absolute atomic E-state index is 0.0797. The van der Waals surface area contributed by atoms with E-state index >= 15 is 0 Å². The molecule has 0 aliphatic rings. The minimum Gasteiger partial charge on any atom is -0.383 e. The molecule has 0 atom stereocenters. The Bertz CT molecular complexity index is 288. The highest BCUT2D eigenvalue weighted by Crippen LogP contribution is 2.18. The predicted octanol–water partition coefficient (Wildman–Crippen LogP) is 2.40. The third-order valence-corrected chi connectivity index (χ3v) is 2.31. The summed E-state index contributed by atoms with van der Waals surface area (Å²) in [4.78, 5) is 0. The predicted molar refractivity (Wildman–Crippen MR) is 59.8 cm³/mol. The van der Waals surface area contributed by atoms with E-state index in [1.54, 1.807) is 19.2 Å². The first-order valence-corrected chi connectivity index (χ1v) is 5.30. The van der Waals surface area contributed by atoms with Crippen LogP contribution < -0.4 is 5.32 Å². The second-order valence-electron chi connectivity index (χ2n) is 3.54. The third-order valence-electron chi connectivity index (χ3n) is 2.31. The van der Waals surface area contributed by atoms with E-state index in [0.29, 0.717) is 6.61 Å². The summed E-state index contributed by atoms with van der Waals surface area (Å²) in [5.41, 5.74) is 1.14. The van der Waals surface area contributed by atoms with Crippen molar-refractivity contribution in [1.82, 2.24) is 5.32 Å². The molecule has 1 aromatic carbocycles. The second-order valence-corrected chi connectivity index (χ2v) is 3.54. The van der Waals surface area contributed by atoms with Crippen LogP contribution in [0.4, 0.5) is 8.78 Å². The van der Waals surface area contributed by atoms with Gasteiger partial charge in [-0.15, -0.1) is 0 Å². The fraction of sp³-hybridized carbons (Fsp3) is 0.500. The van der Waals surface area contributed by atoms with Gasteiger partial charge in [0.2, 0.25) is 0 Å². The Morgan fingerprint density at radius 2 is 1.88 bits per heavy atom. The zero-order valence-electron chi connectivity index (χ0n) is 9.38. The van der Waals surface area contributed by atoms with Crippen molar-refractivity contribution in [2.75, 3.05) is 26.8 Å². The van der Waals surface area contributed by atoms with Crippen molar-refractivity contribution < 1.29 is 13.5 Å². The molecule has 0 unspecified atom stereocenters. The van der Waals surface area contributed by atoms with Crippen molar-refractivity contribution in [3.8, 4) is 0 Å². The average molecular weight is 229 g/mol. The number of rotatable bonds is 7. The van der Waals surface area contributed by atoms with E-state index in [9.17, 15) is 8.78 Å². The highest BCUT2D eigenvalue weighted by atomic mass is 19.3. The van der Waals surface area contributed by atoms with Gasteiger partial charge in [-0.2, -0.15) is 0 Å². The van der Waals surface area contributed by atoms with Gasteiger partial charge in [-0.05, 0) is 18.5 Å². The number of alkyl halides is 2. The molecule has 1 rings (SSSR count). The molecule has 16 heavy (non-hydrogen) atoms. The summed E-state index contributed by atoms with van der Waals surface area (Å²) in [6, 6.07) is 6.46. The molecular weight excluding hydrogens is 212 g/mol. The molecule has 2 nitrogen and oxygen atoms in total. The summed E-state index contributed by atoms with van der Waals surface area (Å²) >= 11 is 0. The van der Waals surface area contributed by atoms with Crippen molar-refractivity contribution in [1.29, 1.82) is 0 Å². The summed E-state index contributed by atoms with van der Waals surface area (Å²) in [6.45, 7) is 2.33. The van der Waals surface area contributed by atoms with Crippen LogP contribution in [-0.2, 0) is 11.2 Å². The molecule has 1 aromatic rings. The maximum atomic E-state index is 12.3. The molecule has 0 heterocycles. The summed E-state index contributed by atoms with van der Waals surface area (Å²) in [5, 5.41) is 3.20. The molecule has 0 radical (unpaired) electrons. The van der Waals surface area contributed by atoms with Crippen LogP contribution in [0.1, 0.15) is 17.6 Å². The smallest absolute Gasteiger partial charge is 0.263 e. The van der Waals surface area contributed by atoms with Crippen molar-refractivity contribution in [3.05, 3.63) is 35.4 Å². The zero-order chi connectivity index (χ0) is 11.8. The first-order chi connectivity index (χ1) is 7.74. The number of methoxy groups -OCH3 is 1. The molecule has 0 aromatic heterocycles. The molecule has 0 aliphatic heterocycles. The van der Waals surface area contributed by atoms with Gasteiger partial charge in [0.05, 0.1) is 6.61 Å². The number of halogens is 2. The topological polar surface area (TPSA) is 21.3 Å². The Morgan fingerprint density at radius 3 is 2.44 bits per heavy atom. The van der Waals surface area contributed by atoms with Gasteiger partial charge in [-0.25, -0.2) is 8.78 Å². The highest BCUT2D eigenvalue weighted by Gasteiger charge is 2.05. The van der Waals surface area contributed by atoms with Gasteiger partial charge in [0.1, 0.15) is 0 Å². The normalized spacial score (nSPS) is 11.0. The molecule has 0 amide bonds. The zero-order valence-corrected chi connectivity index (χ0v) is 9.38. The Morgan fingerprint density at radius 1 is 1.19 bits per heavy atom. The van der Waals surface area contributed by atoms with Crippen LogP contribution in [0.2, 0.25) is 0 Å². The van der Waals surface area contributed by atoms with Crippen LogP contribution in [0.25, 0.3) is 0 Å². The van der Waals surface area contributed by atoms with Gasteiger partial charge in [0.25, 0.3) is 6.43 Å². The van der Waals surface area contributed by atoms with E-state index in [-0.39, 0.29) is 5.56 Å². The van der Waals surface area contributed by atoms with Crippen molar-refractivity contribution in [3.63, 3.8) is 0 Å². The standard InChI is InChI=1S/C12H17F2NO/c1-16-9-8-15-7-6-10-2-4-11(5-3-10)12(13)14/h2-5,12,15H,6-9H2,1H3. The van der Waals surface area contributed by atoms with Gasteiger partial charge < -0.3 is 10.1 Å². The molecule has 0 bridgehead atoms. The van der Waals surface area contributed by atoms with Crippen LogP contribution in [-0.4, -0.2) is 26.8 Å². The lowest BCUT2D eigenvalue weighted by molar-refractivity contribution is 0.151. The van der Waals surface area contributed by atoms with E-state index < -0.39 is 6.43 Å². The maximum absolute atomic E-state index is 12.3. The van der Waals surface area contributed by atoms with Crippen LogP contribution >= 0.6 is 0 Å². The minimum atomic E-state index is -2.38. The van der Waals surface area contributed by atoms with Crippen LogP contribution in [0.5, 0.6) is 0 Å². The number of hydrogen-bond donors (Lipinski definition) is 1. The number of hydrogen-bond acceptors (Lipinski definition) is 2. The third kappa shape index (κ3) is 4.68. The second kappa shape index (κ2) is 7.30. The lowest BCUT2D eigenvalue weighted by atomic mass is 10.1. The Kier molecular flexibility index (Phi) is 5.96. The van der Waals surface area contributed by atoms with Crippen LogP contribution in [0.15, 0.2) is 24.3 Å². The van der Waals surface area contributed by atoms with E-state index in [4.69, 9.17) is 4.74 Å². The molecular formula is C12H17F2NO. The molecule has 0 saturated heterocycles. The molecule has 0 saturated carbocycles. The summed E-state index contributed by atoms with van der Waals surface area (Å²) < 4.78 is 29.4. The van der Waals surface area contributed by atoms with Gasteiger partial charge in [0, 0.05) is 19.2 Å². The molecule has 4 heteroatoms. The van der Waals surface area contributed by atoms with E-state index in [1.807, 2.05) is 0 Å². The molecule has 1 N–H and O–H groups in total. The summed E-state index contributed by atoms with van der Waals surface area (Å²) in [5.74, 6) is 0. The Labute approximate surface area is 94.6 Å². The molecule has 0 spiro atoms. The van der Waals surface area contributed by atoms with E-state index in [1.165, 1.54) is 12.1 Å². The number of benzene rings is 1. The first kappa shape index (κ1) is 13.1. The van der Waals surface area contributed by atoms with Gasteiger partial charge >= 0.3 is 0 Å². The number of nitrogens with one attached hydrogen (secondary N) is 1. The fourth-order valence-corrected chi connectivity index (χ4v) is 1.36. The largest absolute Gasteiger partial charge is 0.383 e. The van der Waals surface area contributed by atoms with E-state index in [2.05, 4.69) is 5.32 Å².